The molecule has 1 N–H and O–H groups in total. The summed E-state index contributed by atoms with van der Waals surface area (Å²) in [6, 6.07) is 3.34. The Kier molecular flexibility index (Phi) is 5.38. The number of rotatable bonds is 2. The third kappa shape index (κ3) is 3.41. The van der Waals surface area contributed by atoms with Gasteiger partial charge in [0.25, 0.3) is 0 Å². The highest BCUT2D eigenvalue weighted by atomic mass is 79.9. The maximum absolute atomic E-state index is 10.7. The Labute approximate surface area is 131 Å². The molecule has 0 saturated carbocycles. The highest BCUT2D eigenvalue weighted by Gasteiger charge is 2.13. The second-order valence-electron chi connectivity index (χ2n) is 2.86. The van der Waals surface area contributed by atoms with Gasteiger partial charge in [0.1, 0.15) is 11.6 Å². The molecule has 1 rings (SSSR count). The monoisotopic (exact) mass is 485 g/mol. The predicted octanol–water partition coefficient (Wildman–Crippen LogP) is 4.73. The van der Waals surface area contributed by atoms with Gasteiger partial charge >= 0.3 is 5.97 Å². The van der Waals surface area contributed by atoms with E-state index in [4.69, 9.17) is 10.4 Å². The molecule has 0 saturated heterocycles. The first-order valence-electron chi connectivity index (χ1n) is 4.06. The first kappa shape index (κ1) is 14.9. The molecule has 88 valence electrons. The molecule has 0 aliphatic heterocycles. The maximum atomic E-state index is 10.7. The van der Waals surface area contributed by atoms with E-state index in [1.807, 2.05) is 0 Å². The van der Waals surface area contributed by atoms with Crippen LogP contribution in [0, 0.1) is 11.3 Å². The standard InChI is InChI=1S/C10H3Br4NO2/c11-6-2-4(1-5(3-15)10(16)17)7(12)9(14)8(6)13/h1-2H,(H,16,17). The summed E-state index contributed by atoms with van der Waals surface area (Å²) in [5.41, 5.74) is 0.262. The average molecular weight is 489 g/mol. The summed E-state index contributed by atoms with van der Waals surface area (Å²) < 4.78 is 2.96. The highest BCUT2D eigenvalue weighted by Crippen LogP contribution is 2.39. The number of carbonyl (C=O) groups is 1. The second-order valence-corrected chi connectivity index (χ2v) is 6.10. The number of hydrogen-bond acceptors (Lipinski definition) is 2. The summed E-state index contributed by atoms with van der Waals surface area (Å²) in [5, 5.41) is 17.5. The molecular weight excluding hydrogens is 486 g/mol. The average Bonchev–Trinajstić information content (AvgIpc) is 2.29. The summed E-state index contributed by atoms with van der Waals surface area (Å²) >= 11 is 13.3. The Morgan fingerprint density at radius 1 is 1.24 bits per heavy atom. The van der Waals surface area contributed by atoms with E-state index in [-0.39, 0.29) is 5.57 Å². The normalized spacial score (nSPS) is 11.1. The third-order valence-electron chi connectivity index (χ3n) is 1.78. The zero-order valence-corrected chi connectivity index (χ0v) is 14.3. The van der Waals surface area contributed by atoms with Crippen molar-refractivity contribution in [1.82, 2.24) is 0 Å². The van der Waals surface area contributed by atoms with E-state index >= 15 is 0 Å². The van der Waals surface area contributed by atoms with E-state index in [9.17, 15) is 4.79 Å². The molecule has 17 heavy (non-hydrogen) atoms. The van der Waals surface area contributed by atoms with Crippen LogP contribution in [0.25, 0.3) is 6.08 Å². The number of hydrogen-bond donors (Lipinski definition) is 1. The number of carboxylic acids is 1. The van der Waals surface area contributed by atoms with Gasteiger partial charge in [0.15, 0.2) is 0 Å². The molecule has 0 spiro atoms. The first-order chi connectivity index (χ1) is 7.88. The Balaban J connectivity index is 3.45. The lowest BCUT2D eigenvalue weighted by molar-refractivity contribution is -0.132. The minimum Gasteiger partial charge on any atom is -0.477 e. The van der Waals surface area contributed by atoms with Gasteiger partial charge in [-0.25, -0.2) is 4.79 Å². The zero-order valence-electron chi connectivity index (χ0n) is 7.97. The summed E-state index contributed by atoms with van der Waals surface area (Å²) in [7, 11) is 0. The molecule has 0 unspecified atom stereocenters. The van der Waals surface area contributed by atoms with Crippen molar-refractivity contribution >= 4 is 75.8 Å². The summed E-state index contributed by atoms with van der Waals surface area (Å²) in [4.78, 5) is 10.7. The molecule has 0 bridgehead atoms. The van der Waals surface area contributed by atoms with Crippen molar-refractivity contribution in [2.75, 3.05) is 0 Å². The SMILES string of the molecule is N#CC(=Cc1cc(Br)c(Br)c(Br)c1Br)C(=O)O. The number of benzene rings is 1. The van der Waals surface area contributed by atoms with Crippen molar-refractivity contribution < 1.29 is 9.90 Å². The predicted molar refractivity (Wildman–Crippen MR) is 78.5 cm³/mol. The van der Waals surface area contributed by atoms with Crippen molar-refractivity contribution in [3.63, 3.8) is 0 Å². The lowest BCUT2D eigenvalue weighted by atomic mass is 10.1. The van der Waals surface area contributed by atoms with Gasteiger partial charge in [-0.1, -0.05) is 0 Å². The van der Waals surface area contributed by atoms with Crippen LogP contribution in [0.15, 0.2) is 29.5 Å². The minimum atomic E-state index is -1.26. The lowest BCUT2D eigenvalue weighted by Gasteiger charge is -2.06. The van der Waals surface area contributed by atoms with E-state index in [0.29, 0.717) is 10.0 Å². The number of halogens is 4. The number of carboxylic acid groups (broad SMARTS) is 1. The van der Waals surface area contributed by atoms with Gasteiger partial charge in [-0.15, -0.1) is 0 Å². The molecule has 0 aliphatic carbocycles. The second kappa shape index (κ2) is 6.14. The molecule has 0 atom stereocenters. The highest BCUT2D eigenvalue weighted by molar-refractivity contribution is 9.15. The number of nitrogens with zero attached hydrogens (tertiary/aromatic N) is 1. The fourth-order valence-electron chi connectivity index (χ4n) is 0.994. The van der Waals surface area contributed by atoms with Gasteiger partial charge in [-0.3, -0.25) is 0 Å². The van der Waals surface area contributed by atoms with E-state index in [1.165, 1.54) is 6.08 Å². The quantitative estimate of drug-likeness (QED) is 0.283. The van der Waals surface area contributed by atoms with Crippen LogP contribution >= 0.6 is 63.7 Å². The Morgan fingerprint density at radius 3 is 2.29 bits per heavy atom. The maximum Gasteiger partial charge on any atom is 0.346 e. The molecule has 0 radical (unpaired) electrons. The number of nitriles is 1. The van der Waals surface area contributed by atoms with Gasteiger partial charge in [0.05, 0.1) is 0 Å². The van der Waals surface area contributed by atoms with Gasteiger partial charge in [-0.05, 0) is 81.4 Å². The molecule has 0 fully saturated rings. The van der Waals surface area contributed by atoms with Crippen molar-refractivity contribution in [1.29, 1.82) is 5.26 Å². The molecule has 3 nitrogen and oxygen atoms in total. The van der Waals surface area contributed by atoms with E-state index in [1.54, 1.807) is 12.1 Å². The minimum absolute atomic E-state index is 0.327. The fourth-order valence-corrected chi connectivity index (χ4v) is 3.15. The number of aliphatic carboxylic acids is 1. The molecule has 1 aromatic carbocycles. The largest absolute Gasteiger partial charge is 0.477 e. The van der Waals surface area contributed by atoms with Gasteiger partial charge in [0.2, 0.25) is 0 Å². The third-order valence-corrected chi connectivity index (χ3v) is 6.47. The lowest BCUT2D eigenvalue weighted by Crippen LogP contribution is -1.97. The van der Waals surface area contributed by atoms with Crippen LogP contribution < -0.4 is 0 Å². The van der Waals surface area contributed by atoms with E-state index in [2.05, 4.69) is 63.7 Å². The molecule has 0 heterocycles. The molecule has 7 heteroatoms. The smallest absolute Gasteiger partial charge is 0.346 e. The van der Waals surface area contributed by atoms with Crippen LogP contribution in [-0.4, -0.2) is 11.1 Å². The Bertz CT molecular complexity index is 560. The van der Waals surface area contributed by atoms with Gasteiger partial charge < -0.3 is 5.11 Å². The molecule has 1 aromatic rings. The fraction of sp³-hybridized carbons (Fsp3) is 0. The molecule has 0 amide bonds. The van der Waals surface area contributed by atoms with Crippen LogP contribution in [0.1, 0.15) is 5.56 Å². The Hall–Kier alpha value is -0.160. The molecular formula is C10H3Br4NO2. The molecule has 0 aromatic heterocycles. The molecule has 0 aliphatic rings. The van der Waals surface area contributed by atoms with Crippen LogP contribution in [0.3, 0.4) is 0 Å². The topological polar surface area (TPSA) is 61.1 Å². The summed E-state index contributed by atoms with van der Waals surface area (Å²) in [6.07, 6.45) is 1.30. The van der Waals surface area contributed by atoms with Crippen molar-refractivity contribution in [2.45, 2.75) is 0 Å². The van der Waals surface area contributed by atoms with Gasteiger partial charge in [-0.2, -0.15) is 5.26 Å². The van der Waals surface area contributed by atoms with E-state index < -0.39 is 5.97 Å². The van der Waals surface area contributed by atoms with Crippen molar-refractivity contribution in [2.24, 2.45) is 0 Å². The van der Waals surface area contributed by atoms with Crippen molar-refractivity contribution in [3.05, 3.63) is 35.1 Å². The van der Waals surface area contributed by atoms with Gasteiger partial charge in [0, 0.05) is 17.9 Å². The van der Waals surface area contributed by atoms with Crippen LogP contribution in [-0.2, 0) is 4.79 Å². The summed E-state index contributed by atoms with van der Waals surface area (Å²) in [6.45, 7) is 0. The van der Waals surface area contributed by atoms with Crippen LogP contribution in [0.2, 0.25) is 0 Å². The van der Waals surface area contributed by atoms with Crippen molar-refractivity contribution in [3.8, 4) is 6.07 Å². The first-order valence-corrected chi connectivity index (χ1v) is 7.23. The zero-order chi connectivity index (χ0) is 13.2. The summed E-state index contributed by atoms with van der Waals surface area (Å²) in [5.74, 6) is -1.26. The van der Waals surface area contributed by atoms with Crippen LogP contribution in [0.4, 0.5) is 0 Å². The van der Waals surface area contributed by atoms with Crippen LogP contribution in [0.5, 0.6) is 0 Å². The van der Waals surface area contributed by atoms with E-state index in [0.717, 1.165) is 13.4 Å². The Morgan fingerprint density at radius 2 is 1.82 bits per heavy atom.